The zero-order valence-corrected chi connectivity index (χ0v) is 12.9. The molecule has 0 unspecified atom stereocenters. The first kappa shape index (κ1) is 14.8. The number of aryl methyl sites for hydroxylation is 1. The van der Waals surface area contributed by atoms with Crippen LogP contribution in [0.4, 0.5) is 4.79 Å². The lowest BCUT2D eigenvalue weighted by molar-refractivity contribution is -0.131. The molecule has 1 fully saturated rings. The molecule has 2 heterocycles. The Labute approximate surface area is 123 Å². The van der Waals surface area contributed by atoms with Crippen LogP contribution in [-0.4, -0.2) is 71.9 Å². The number of aromatic nitrogens is 1. The van der Waals surface area contributed by atoms with E-state index in [9.17, 15) is 9.59 Å². The first-order valence-corrected chi connectivity index (χ1v) is 7.50. The van der Waals surface area contributed by atoms with Crippen molar-refractivity contribution in [2.75, 3.05) is 40.3 Å². The van der Waals surface area contributed by atoms with Crippen LogP contribution in [0.2, 0.25) is 0 Å². The highest BCUT2D eigenvalue weighted by molar-refractivity contribution is 7.09. The van der Waals surface area contributed by atoms with E-state index in [4.69, 9.17) is 0 Å². The van der Waals surface area contributed by atoms with E-state index in [2.05, 4.69) is 4.98 Å². The first-order chi connectivity index (χ1) is 9.47. The predicted molar refractivity (Wildman–Crippen MR) is 77.8 cm³/mol. The van der Waals surface area contributed by atoms with Gasteiger partial charge in [-0.15, -0.1) is 11.3 Å². The van der Waals surface area contributed by atoms with Gasteiger partial charge in [0, 0.05) is 45.7 Å². The summed E-state index contributed by atoms with van der Waals surface area (Å²) in [6, 6.07) is 0.00669. The van der Waals surface area contributed by atoms with Gasteiger partial charge >= 0.3 is 6.03 Å². The van der Waals surface area contributed by atoms with E-state index in [0.29, 0.717) is 32.6 Å². The SMILES string of the molecule is Cc1nc(CC(=O)N2CCN(C(=O)N(C)C)CC2)cs1. The molecule has 2 rings (SSSR count). The molecule has 110 valence electrons. The fourth-order valence-corrected chi connectivity index (χ4v) is 2.80. The third-order valence-corrected chi connectivity index (χ3v) is 4.11. The number of thiazole rings is 1. The monoisotopic (exact) mass is 296 g/mol. The normalized spacial score (nSPS) is 15.3. The topological polar surface area (TPSA) is 56.8 Å². The Kier molecular flexibility index (Phi) is 4.59. The summed E-state index contributed by atoms with van der Waals surface area (Å²) in [7, 11) is 3.48. The maximum atomic E-state index is 12.2. The van der Waals surface area contributed by atoms with Crippen LogP contribution in [-0.2, 0) is 11.2 Å². The molecule has 1 saturated heterocycles. The lowest BCUT2D eigenvalue weighted by atomic mass is 10.2. The number of nitrogens with zero attached hydrogens (tertiary/aromatic N) is 4. The number of piperazine rings is 1. The molecular formula is C13H20N4O2S. The van der Waals surface area contributed by atoms with Crippen LogP contribution in [0.25, 0.3) is 0 Å². The Morgan fingerprint density at radius 1 is 1.25 bits per heavy atom. The summed E-state index contributed by atoms with van der Waals surface area (Å²) in [6.07, 6.45) is 0.353. The molecule has 0 bridgehead atoms. The van der Waals surface area contributed by atoms with E-state index in [1.807, 2.05) is 17.2 Å². The highest BCUT2D eigenvalue weighted by Gasteiger charge is 2.25. The second-order valence-electron chi connectivity index (χ2n) is 5.08. The molecule has 0 N–H and O–H groups in total. The Hall–Kier alpha value is -1.63. The van der Waals surface area contributed by atoms with Crippen molar-refractivity contribution in [2.45, 2.75) is 13.3 Å². The summed E-state index contributed by atoms with van der Waals surface area (Å²) in [6.45, 7) is 4.32. The van der Waals surface area contributed by atoms with E-state index in [0.717, 1.165) is 10.7 Å². The lowest BCUT2D eigenvalue weighted by Gasteiger charge is -2.35. The molecular weight excluding hydrogens is 276 g/mol. The van der Waals surface area contributed by atoms with Crippen molar-refractivity contribution in [2.24, 2.45) is 0 Å². The highest BCUT2D eigenvalue weighted by atomic mass is 32.1. The summed E-state index contributed by atoms with van der Waals surface area (Å²) < 4.78 is 0. The minimum Gasteiger partial charge on any atom is -0.339 e. The van der Waals surface area contributed by atoms with Crippen molar-refractivity contribution in [1.29, 1.82) is 0 Å². The summed E-state index contributed by atoms with van der Waals surface area (Å²) in [5.41, 5.74) is 0.837. The smallest absolute Gasteiger partial charge is 0.319 e. The van der Waals surface area contributed by atoms with Gasteiger partial charge in [-0.05, 0) is 6.92 Å². The van der Waals surface area contributed by atoms with Gasteiger partial charge in [-0.3, -0.25) is 4.79 Å². The molecule has 0 atom stereocenters. The van der Waals surface area contributed by atoms with Crippen LogP contribution >= 0.6 is 11.3 Å². The number of hydrogen-bond acceptors (Lipinski definition) is 4. The first-order valence-electron chi connectivity index (χ1n) is 6.62. The zero-order chi connectivity index (χ0) is 14.7. The molecule has 0 aliphatic carbocycles. The van der Waals surface area contributed by atoms with Crippen molar-refractivity contribution in [3.63, 3.8) is 0 Å². The number of carbonyl (C=O) groups excluding carboxylic acids is 2. The van der Waals surface area contributed by atoms with Crippen LogP contribution in [0.1, 0.15) is 10.7 Å². The molecule has 0 aromatic carbocycles. The minimum absolute atomic E-state index is 0.00669. The van der Waals surface area contributed by atoms with Crippen molar-refractivity contribution in [3.05, 3.63) is 16.1 Å². The number of amides is 3. The van der Waals surface area contributed by atoms with Gasteiger partial charge in [0.1, 0.15) is 0 Å². The van der Waals surface area contributed by atoms with Gasteiger partial charge in [-0.25, -0.2) is 9.78 Å². The van der Waals surface area contributed by atoms with Gasteiger partial charge in [0.15, 0.2) is 0 Å². The van der Waals surface area contributed by atoms with Gasteiger partial charge in [0.25, 0.3) is 0 Å². The maximum absolute atomic E-state index is 12.2. The fraction of sp³-hybridized carbons (Fsp3) is 0.615. The number of carbonyl (C=O) groups is 2. The Balaban J connectivity index is 1.84. The van der Waals surface area contributed by atoms with Crippen LogP contribution < -0.4 is 0 Å². The van der Waals surface area contributed by atoms with E-state index in [1.165, 1.54) is 0 Å². The average Bonchev–Trinajstić information content (AvgIpc) is 2.83. The van der Waals surface area contributed by atoms with Gasteiger partial charge in [-0.1, -0.05) is 0 Å². The van der Waals surface area contributed by atoms with E-state index in [-0.39, 0.29) is 11.9 Å². The van der Waals surface area contributed by atoms with Crippen molar-refractivity contribution >= 4 is 23.3 Å². The summed E-state index contributed by atoms with van der Waals surface area (Å²) in [5.74, 6) is 0.0900. The number of hydrogen-bond donors (Lipinski definition) is 0. The molecule has 0 spiro atoms. The molecule has 0 radical (unpaired) electrons. The molecule has 1 aromatic heterocycles. The zero-order valence-electron chi connectivity index (χ0n) is 12.1. The van der Waals surface area contributed by atoms with Gasteiger partial charge in [-0.2, -0.15) is 0 Å². The van der Waals surface area contributed by atoms with Crippen molar-refractivity contribution in [1.82, 2.24) is 19.7 Å². The number of rotatable bonds is 2. The summed E-state index contributed by atoms with van der Waals surface area (Å²) >= 11 is 1.56. The molecule has 1 aliphatic heterocycles. The number of urea groups is 1. The van der Waals surface area contributed by atoms with E-state index < -0.39 is 0 Å². The molecule has 6 nitrogen and oxygen atoms in total. The van der Waals surface area contributed by atoms with Gasteiger partial charge in [0.05, 0.1) is 17.1 Å². The Bertz CT molecular complexity index is 492. The standard InChI is InChI=1S/C13H20N4O2S/c1-10-14-11(9-20-10)8-12(18)16-4-6-17(7-5-16)13(19)15(2)3/h9H,4-8H2,1-3H3. The molecule has 7 heteroatoms. The molecule has 3 amide bonds. The third-order valence-electron chi connectivity index (χ3n) is 3.28. The third kappa shape index (κ3) is 3.47. The van der Waals surface area contributed by atoms with Crippen LogP contribution in [0.15, 0.2) is 5.38 Å². The molecule has 1 aliphatic rings. The van der Waals surface area contributed by atoms with Gasteiger partial charge < -0.3 is 14.7 Å². The Morgan fingerprint density at radius 2 is 1.85 bits per heavy atom. The van der Waals surface area contributed by atoms with Crippen molar-refractivity contribution in [3.8, 4) is 0 Å². The van der Waals surface area contributed by atoms with Crippen LogP contribution in [0.3, 0.4) is 0 Å². The summed E-state index contributed by atoms with van der Waals surface area (Å²) in [5, 5.41) is 2.91. The predicted octanol–water partition coefficient (Wildman–Crippen LogP) is 0.820. The van der Waals surface area contributed by atoms with Crippen LogP contribution in [0, 0.1) is 6.92 Å². The second-order valence-corrected chi connectivity index (χ2v) is 6.14. The lowest BCUT2D eigenvalue weighted by Crippen LogP contribution is -2.53. The fourth-order valence-electron chi connectivity index (χ4n) is 2.19. The quantitative estimate of drug-likeness (QED) is 0.812. The molecule has 20 heavy (non-hydrogen) atoms. The van der Waals surface area contributed by atoms with E-state index in [1.54, 1.807) is 35.2 Å². The summed E-state index contributed by atoms with van der Waals surface area (Å²) in [4.78, 5) is 33.4. The second kappa shape index (κ2) is 6.21. The molecule has 1 aromatic rings. The molecule has 0 saturated carbocycles. The highest BCUT2D eigenvalue weighted by Crippen LogP contribution is 2.11. The maximum Gasteiger partial charge on any atom is 0.319 e. The van der Waals surface area contributed by atoms with E-state index >= 15 is 0 Å². The van der Waals surface area contributed by atoms with Crippen LogP contribution in [0.5, 0.6) is 0 Å². The minimum atomic E-state index is 0.00669. The Morgan fingerprint density at radius 3 is 2.35 bits per heavy atom. The van der Waals surface area contributed by atoms with Gasteiger partial charge in [0.2, 0.25) is 5.91 Å². The van der Waals surface area contributed by atoms with Crippen molar-refractivity contribution < 1.29 is 9.59 Å². The average molecular weight is 296 g/mol. The largest absolute Gasteiger partial charge is 0.339 e.